The number of carbonyl (C=O) groups excluding carboxylic acids is 4. The number of hydrogen-bond donors (Lipinski definition) is 3. The zero-order valence-corrected chi connectivity index (χ0v) is 71.0. The van der Waals surface area contributed by atoms with E-state index in [0.29, 0.717) is 38.5 Å². The molecule has 0 fully saturated rings. The Morgan fingerprint density at radius 2 is 0.482 bits per heavy atom. The lowest BCUT2D eigenvalue weighted by Gasteiger charge is -2.21. The molecule has 0 aromatic rings. The van der Waals surface area contributed by atoms with Gasteiger partial charge >= 0.3 is 39.5 Å². The molecule has 0 amide bonds. The molecular weight excluding hydrogens is 1450 g/mol. The molecule has 3 N–H and O–H groups in total. The van der Waals surface area contributed by atoms with Crippen LogP contribution in [0.5, 0.6) is 0 Å². The molecule has 632 valence electrons. The Kier molecular flexibility index (Phi) is 77.9. The van der Waals surface area contributed by atoms with E-state index in [1.54, 1.807) is 0 Å². The fourth-order valence-electron chi connectivity index (χ4n) is 10.4. The summed E-state index contributed by atoms with van der Waals surface area (Å²) in [6, 6.07) is 0. The predicted octanol–water partition coefficient (Wildman–Crippen LogP) is 25.4. The van der Waals surface area contributed by atoms with Crippen LogP contribution >= 0.6 is 15.6 Å². The van der Waals surface area contributed by atoms with Gasteiger partial charge in [-0.05, 0) is 180 Å². The van der Waals surface area contributed by atoms with E-state index in [1.165, 1.54) is 19.3 Å². The number of unbranched alkanes of at least 4 members (excludes halogenated alkanes) is 17. The van der Waals surface area contributed by atoms with Gasteiger partial charge in [0.15, 0.2) is 12.2 Å². The monoisotopic (exact) mass is 1600 g/mol. The van der Waals surface area contributed by atoms with Gasteiger partial charge in [-0.3, -0.25) is 37.3 Å². The molecule has 0 aliphatic carbocycles. The van der Waals surface area contributed by atoms with Crippen molar-refractivity contribution in [1.82, 2.24) is 0 Å². The van der Waals surface area contributed by atoms with E-state index in [9.17, 15) is 43.2 Å². The van der Waals surface area contributed by atoms with Gasteiger partial charge in [-0.1, -0.05) is 298 Å². The van der Waals surface area contributed by atoms with Crippen molar-refractivity contribution in [3.05, 3.63) is 207 Å². The van der Waals surface area contributed by atoms with E-state index in [-0.39, 0.29) is 25.7 Å². The second-order valence-corrected chi connectivity index (χ2v) is 30.2. The minimum atomic E-state index is -5.02. The van der Waals surface area contributed by atoms with Crippen LogP contribution in [-0.4, -0.2) is 96.7 Å². The van der Waals surface area contributed by atoms with Crippen molar-refractivity contribution >= 4 is 39.5 Å². The Morgan fingerprint density at radius 3 is 0.786 bits per heavy atom. The number of carbonyl (C=O) groups is 4. The van der Waals surface area contributed by atoms with Crippen molar-refractivity contribution in [2.45, 2.75) is 316 Å². The first kappa shape index (κ1) is 106. The Morgan fingerprint density at radius 1 is 0.259 bits per heavy atom. The molecule has 0 saturated heterocycles. The van der Waals surface area contributed by atoms with E-state index < -0.39 is 97.5 Å². The molecule has 17 nitrogen and oxygen atoms in total. The summed E-state index contributed by atoms with van der Waals surface area (Å²) < 4.78 is 68.7. The number of rotatable bonds is 77. The van der Waals surface area contributed by atoms with Crippen LogP contribution in [0, 0.1) is 0 Å². The van der Waals surface area contributed by atoms with Crippen LogP contribution in [0.4, 0.5) is 0 Å². The zero-order valence-electron chi connectivity index (χ0n) is 69.3. The van der Waals surface area contributed by atoms with E-state index >= 15 is 0 Å². The summed E-state index contributed by atoms with van der Waals surface area (Å²) in [6.45, 7) is 4.33. The van der Waals surface area contributed by atoms with Crippen molar-refractivity contribution in [3.8, 4) is 0 Å². The molecule has 0 aromatic heterocycles. The standard InChI is InChI=1S/C93H148O17P2/c1-5-9-13-17-21-25-29-33-37-40-43-46-50-53-57-61-65-69-73-77-90(95)103-83-88(109-92(97)79-75-71-67-63-59-55-49-36-32-28-24-20-16-12-8-4)85-107-111(99,100)105-81-87(94)82-106-112(101,102)108-86-89(110-93(98)80-76-72-68-64-60-56-52-48-45-42-39-35-31-27-23-19-15-11-7-3)84-104-91(96)78-74-70-66-62-58-54-51-47-44-41-38-34-30-26-22-18-14-10-6-2/h9-10,12-14,16,21-28,33-39,43-49,53,57,59,63,65,69,87-89,94H,5-8,11,15,17-20,29-32,40-42,50-52,54-56,58,60-62,64,66-68,70-86H2,1-4H3,(H,99,100)(H,101,102)/b13-9-,14-10-,16-12-,25-21-,26-22-,27-23-,28-24-,37-33-,38-34-,39-35-,46-43-,47-44-,48-45-,49-36-,57-53-,63-59-,69-65-. The van der Waals surface area contributed by atoms with Gasteiger partial charge < -0.3 is 33.8 Å². The summed E-state index contributed by atoms with van der Waals surface area (Å²) in [7, 11) is -10.0. The average Bonchev–Trinajstić information content (AvgIpc) is 0.898. The van der Waals surface area contributed by atoms with Crippen molar-refractivity contribution in [1.29, 1.82) is 0 Å². The van der Waals surface area contributed by atoms with Crippen molar-refractivity contribution in [3.63, 3.8) is 0 Å². The Balaban J connectivity index is 5.52. The lowest BCUT2D eigenvalue weighted by Crippen LogP contribution is -2.30. The fourth-order valence-corrected chi connectivity index (χ4v) is 12.0. The van der Waals surface area contributed by atoms with Crippen LogP contribution < -0.4 is 0 Å². The summed E-state index contributed by atoms with van der Waals surface area (Å²) in [5, 5.41) is 10.7. The smallest absolute Gasteiger partial charge is 0.462 e. The lowest BCUT2D eigenvalue weighted by molar-refractivity contribution is -0.161. The lowest BCUT2D eigenvalue weighted by atomic mass is 10.1. The quantitative estimate of drug-likeness (QED) is 0.0169. The van der Waals surface area contributed by atoms with Crippen molar-refractivity contribution in [2.24, 2.45) is 0 Å². The molecule has 0 aromatic carbocycles. The molecule has 0 saturated carbocycles. The molecule has 0 bridgehead atoms. The van der Waals surface area contributed by atoms with Gasteiger partial charge in [0.2, 0.25) is 0 Å². The topological polar surface area (TPSA) is 237 Å². The van der Waals surface area contributed by atoms with Gasteiger partial charge in [0.25, 0.3) is 0 Å². The summed E-state index contributed by atoms with van der Waals surface area (Å²) in [4.78, 5) is 73.2. The fraction of sp³-hybridized carbons (Fsp3) is 0.591. The maximum atomic E-state index is 13.2. The minimum Gasteiger partial charge on any atom is -0.462 e. The third-order valence-electron chi connectivity index (χ3n) is 16.7. The third-order valence-corrected chi connectivity index (χ3v) is 18.6. The normalized spacial score (nSPS) is 14.8. The van der Waals surface area contributed by atoms with E-state index in [4.69, 9.17) is 37.0 Å². The van der Waals surface area contributed by atoms with Crippen LogP contribution in [0.25, 0.3) is 0 Å². The molecule has 0 heterocycles. The number of allylic oxidation sites excluding steroid dienone is 34. The highest BCUT2D eigenvalue weighted by Gasteiger charge is 2.30. The average molecular weight is 1600 g/mol. The first-order chi connectivity index (χ1) is 54.7. The van der Waals surface area contributed by atoms with E-state index in [1.807, 2.05) is 18.2 Å². The SMILES string of the molecule is CC/C=C\C/C=C\C/C=C\C/C=C\C/C=C\C/C=C\CCC(=O)OCC(COP(=O)(O)OCC(O)COP(=O)(O)OCC(COC(=O)CCCCCCCC/C=C\C/C=C\C/C=C\C/C=C\CC)OC(=O)CCCCCCCC/C=C\C/C=C\C/C=C\CCCCC)OC(=O)CCCC/C=C\C/C=C\C/C=C\C/C=C\CC. The molecule has 5 atom stereocenters. The summed E-state index contributed by atoms with van der Waals surface area (Å²) in [5.74, 6) is -2.37. The highest BCUT2D eigenvalue weighted by Crippen LogP contribution is 2.45. The van der Waals surface area contributed by atoms with Gasteiger partial charge in [-0.15, -0.1) is 0 Å². The molecule has 5 unspecified atom stereocenters. The van der Waals surface area contributed by atoms with Crippen LogP contribution in [0.15, 0.2) is 207 Å². The highest BCUT2D eigenvalue weighted by molar-refractivity contribution is 7.47. The Hall–Kier alpha value is -6.36. The molecule has 0 aliphatic heterocycles. The number of phosphoric acid groups is 2. The van der Waals surface area contributed by atoms with Crippen molar-refractivity contribution < 1.29 is 80.2 Å². The maximum Gasteiger partial charge on any atom is 0.472 e. The molecule has 112 heavy (non-hydrogen) atoms. The molecule has 19 heteroatoms. The summed E-state index contributed by atoms with van der Waals surface area (Å²) >= 11 is 0. The first-order valence-corrected chi connectivity index (χ1v) is 45.3. The zero-order chi connectivity index (χ0) is 81.7. The minimum absolute atomic E-state index is 0.0179. The Labute approximate surface area is 678 Å². The second-order valence-electron chi connectivity index (χ2n) is 27.3. The summed E-state index contributed by atoms with van der Waals surface area (Å²) in [5.41, 5.74) is 0. The third kappa shape index (κ3) is 81.6. The predicted molar refractivity (Wildman–Crippen MR) is 463 cm³/mol. The van der Waals surface area contributed by atoms with Gasteiger partial charge in [-0.2, -0.15) is 0 Å². The number of esters is 4. The largest absolute Gasteiger partial charge is 0.472 e. The highest BCUT2D eigenvalue weighted by atomic mass is 31.2. The second kappa shape index (κ2) is 82.6. The molecule has 0 spiro atoms. The molecular formula is C93H148O17P2. The number of hydrogen-bond acceptors (Lipinski definition) is 15. The number of ether oxygens (including phenoxy) is 4. The van der Waals surface area contributed by atoms with Gasteiger partial charge in [0, 0.05) is 25.7 Å². The van der Waals surface area contributed by atoms with Crippen molar-refractivity contribution in [2.75, 3.05) is 39.6 Å². The number of aliphatic hydroxyl groups is 1. The maximum absolute atomic E-state index is 13.2. The van der Waals surface area contributed by atoms with E-state index in [0.717, 1.165) is 186 Å². The number of phosphoric ester groups is 2. The van der Waals surface area contributed by atoms with Crippen LogP contribution in [-0.2, 0) is 65.4 Å². The van der Waals surface area contributed by atoms with Crippen LogP contribution in [0.1, 0.15) is 297 Å². The van der Waals surface area contributed by atoms with Gasteiger partial charge in [-0.25, -0.2) is 9.13 Å². The van der Waals surface area contributed by atoms with Crippen LogP contribution in [0.2, 0.25) is 0 Å². The first-order valence-electron chi connectivity index (χ1n) is 42.3. The molecule has 0 radical (unpaired) electrons. The van der Waals surface area contributed by atoms with E-state index in [2.05, 4.69) is 216 Å². The number of aliphatic hydroxyl groups excluding tert-OH is 1. The Bertz CT molecular complexity index is 2940. The van der Waals surface area contributed by atoms with Crippen LogP contribution in [0.3, 0.4) is 0 Å². The molecule has 0 aliphatic rings. The summed E-state index contributed by atoms with van der Waals surface area (Å²) in [6.07, 6.45) is 104. The van der Waals surface area contributed by atoms with Gasteiger partial charge in [0.05, 0.1) is 26.4 Å². The molecule has 0 rings (SSSR count). The van der Waals surface area contributed by atoms with Gasteiger partial charge in [0.1, 0.15) is 19.3 Å².